The molecule has 2 aromatic heterocycles. The van der Waals surface area contributed by atoms with E-state index in [2.05, 4.69) is 31.1 Å². The van der Waals surface area contributed by atoms with Crippen molar-refractivity contribution in [3.8, 4) is 0 Å². The average molecular weight is 333 g/mol. The summed E-state index contributed by atoms with van der Waals surface area (Å²) in [4.78, 5) is 15.4. The van der Waals surface area contributed by atoms with Crippen molar-refractivity contribution in [2.75, 3.05) is 0 Å². The number of halogens is 2. The fraction of sp³-hybridized carbons (Fsp3) is 0.300. The molecule has 0 amide bonds. The maximum atomic E-state index is 13.6. The van der Waals surface area contributed by atoms with E-state index in [0.717, 1.165) is 18.2 Å². The first-order valence-corrected chi connectivity index (χ1v) is 6.87. The van der Waals surface area contributed by atoms with Crippen LogP contribution < -0.4 is 5.69 Å². The van der Waals surface area contributed by atoms with Gasteiger partial charge in [-0.15, -0.1) is 5.10 Å². The van der Waals surface area contributed by atoms with Gasteiger partial charge in [0.1, 0.15) is 5.03 Å². The molecule has 0 aromatic carbocycles. The van der Waals surface area contributed by atoms with Gasteiger partial charge in [0.25, 0.3) is 0 Å². The number of nitrogens with zero attached hydrogens (tertiary/aromatic N) is 3. The fourth-order valence-electron chi connectivity index (χ4n) is 1.37. The Kier molecular flexibility index (Phi) is 4.18. The molecule has 2 rings (SSSR count). The molecule has 1 N–H and O–H groups in total. The van der Waals surface area contributed by atoms with E-state index in [1.165, 1.54) is 16.8 Å². The molecule has 2 heterocycles. The third-order valence-corrected chi connectivity index (χ3v) is 3.55. The summed E-state index contributed by atoms with van der Waals surface area (Å²) in [6.07, 6.45) is 2.30. The minimum atomic E-state index is -0.451. The molecule has 96 valence electrons. The molecule has 0 spiro atoms. The molecule has 0 aliphatic carbocycles. The Hall–Kier alpha value is -1.15. The number of aromatic amines is 1. The molecule has 2 aromatic rings. The van der Waals surface area contributed by atoms with Crippen LogP contribution in [0.5, 0.6) is 0 Å². The van der Waals surface area contributed by atoms with Crippen LogP contribution in [0, 0.1) is 5.82 Å². The van der Waals surface area contributed by atoms with Gasteiger partial charge >= 0.3 is 5.69 Å². The fourth-order valence-corrected chi connectivity index (χ4v) is 2.48. The molecule has 8 heteroatoms. The standard InChI is InChI=1S/C10H10BrFN4OS/c1-2-3-16-9(17)14-15-10(16)18-8-7(12)4-6(11)5-13-8/h4-5H,2-3H2,1H3,(H,14,17). The highest BCUT2D eigenvalue weighted by Gasteiger charge is 2.13. The van der Waals surface area contributed by atoms with E-state index in [0.29, 0.717) is 16.2 Å². The molecule has 5 nitrogen and oxygen atoms in total. The second kappa shape index (κ2) is 5.66. The predicted octanol–water partition coefficient (Wildman–Crippen LogP) is 2.43. The molecule has 0 fully saturated rings. The van der Waals surface area contributed by atoms with Crippen molar-refractivity contribution in [3.63, 3.8) is 0 Å². The molecular formula is C10H10BrFN4OS. The van der Waals surface area contributed by atoms with Gasteiger partial charge in [0, 0.05) is 17.2 Å². The van der Waals surface area contributed by atoms with Crippen LogP contribution in [-0.4, -0.2) is 19.7 Å². The zero-order valence-electron chi connectivity index (χ0n) is 9.48. The van der Waals surface area contributed by atoms with Gasteiger partial charge in [-0.05, 0) is 40.2 Å². The highest BCUT2D eigenvalue weighted by molar-refractivity contribution is 9.10. The van der Waals surface area contributed by atoms with Gasteiger partial charge in [0.15, 0.2) is 11.0 Å². The van der Waals surface area contributed by atoms with Crippen LogP contribution in [-0.2, 0) is 6.54 Å². The number of rotatable bonds is 4. The maximum Gasteiger partial charge on any atom is 0.343 e. The number of pyridine rings is 1. The highest BCUT2D eigenvalue weighted by atomic mass is 79.9. The quantitative estimate of drug-likeness (QED) is 0.933. The molecule has 0 radical (unpaired) electrons. The lowest BCUT2D eigenvalue weighted by molar-refractivity contribution is 0.581. The Morgan fingerprint density at radius 3 is 3.06 bits per heavy atom. The molecule has 0 atom stereocenters. The average Bonchev–Trinajstić information content (AvgIpc) is 2.66. The Balaban J connectivity index is 2.31. The minimum Gasteiger partial charge on any atom is -0.270 e. The van der Waals surface area contributed by atoms with Crippen LogP contribution in [0.1, 0.15) is 13.3 Å². The van der Waals surface area contributed by atoms with E-state index >= 15 is 0 Å². The third-order valence-electron chi connectivity index (χ3n) is 2.13. The van der Waals surface area contributed by atoms with Gasteiger partial charge in [-0.1, -0.05) is 6.92 Å². The Bertz CT molecular complexity index is 612. The van der Waals surface area contributed by atoms with Gasteiger partial charge in [-0.25, -0.2) is 19.3 Å². The number of nitrogens with one attached hydrogen (secondary N) is 1. The summed E-state index contributed by atoms with van der Waals surface area (Å²) in [5, 5.41) is 6.82. The molecular weight excluding hydrogens is 323 g/mol. The van der Waals surface area contributed by atoms with Gasteiger partial charge < -0.3 is 0 Å². The first kappa shape index (κ1) is 13.3. The zero-order valence-corrected chi connectivity index (χ0v) is 11.9. The minimum absolute atomic E-state index is 0.189. The highest BCUT2D eigenvalue weighted by Crippen LogP contribution is 2.27. The second-order valence-corrected chi connectivity index (χ2v) is 5.38. The summed E-state index contributed by atoms with van der Waals surface area (Å²) in [6.45, 7) is 2.49. The summed E-state index contributed by atoms with van der Waals surface area (Å²) in [5.74, 6) is -0.451. The first-order chi connectivity index (χ1) is 8.61. The van der Waals surface area contributed by atoms with Crippen molar-refractivity contribution in [1.29, 1.82) is 0 Å². The van der Waals surface area contributed by atoms with Gasteiger partial charge in [0.05, 0.1) is 0 Å². The Morgan fingerprint density at radius 1 is 1.61 bits per heavy atom. The molecule has 0 bridgehead atoms. The van der Waals surface area contributed by atoms with Crippen molar-refractivity contribution in [2.24, 2.45) is 0 Å². The Labute approximate surface area is 115 Å². The van der Waals surface area contributed by atoms with Crippen molar-refractivity contribution in [2.45, 2.75) is 30.1 Å². The second-order valence-electron chi connectivity index (χ2n) is 3.51. The van der Waals surface area contributed by atoms with E-state index in [9.17, 15) is 9.18 Å². The van der Waals surface area contributed by atoms with E-state index in [1.807, 2.05) is 6.92 Å². The van der Waals surface area contributed by atoms with Crippen LogP contribution in [0.4, 0.5) is 4.39 Å². The molecule has 0 aliphatic heterocycles. The summed E-state index contributed by atoms with van der Waals surface area (Å²) in [6, 6.07) is 1.32. The van der Waals surface area contributed by atoms with Crippen LogP contribution in [0.2, 0.25) is 0 Å². The smallest absolute Gasteiger partial charge is 0.270 e. The van der Waals surface area contributed by atoms with Crippen LogP contribution in [0.3, 0.4) is 0 Å². The van der Waals surface area contributed by atoms with Crippen molar-refractivity contribution >= 4 is 27.7 Å². The van der Waals surface area contributed by atoms with E-state index in [4.69, 9.17) is 0 Å². The normalized spacial score (nSPS) is 10.8. The van der Waals surface area contributed by atoms with Crippen molar-refractivity contribution < 1.29 is 4.39 Å². The molecule has 0 saturated heterocycles. The molecule has 0 unspecified atom stereocenters. The lowest BCUT2D eigenvalue weighted by atomic mass is 10.5. The monoisotopic (exact) mass is 332 g/mol. The summed E-state index contributed by atoms with van der Waals surface area (Å²) in [7, 11) is 0. The zero-order chi connectivity index (χ0) is 13.1. The van der Waals surface area contributed by atoms with Crippen LogP contribution >= 0.6 is 27.7 Å². The largest absolute Gasteiger partial charge is 0.343 e. The van der Waals surface area contributed by atoms with Gasteiger partial charge in [-0.3, -0.25) is 4.57 Å². The summed E-state index contributed by atoms with van der Waals surface area (Å²) < 4.78 is 15.7. The predicted molar refractivity (Wildman–Crippen MR) is 69.2 cm³/mol. The van der Waals surface area contributed by atoms with Crippen molar-refractivity contribution in [1.82, 2.24) is 19.7 Å². The first-order valence-electron chi connectivity index (χ1n) is 5.26. The lowest BCUT2D eigenvalue weighted by Crippen LogP contribution is -2.17. The molecule has 0 saturated carbocycles. The SMILES string of the molecule is CCCn1c(Sc2ncc(Br)cc2F)n[nH]c1=O. The Morgan fingerprint density at radius 2 is 2.39 bits per heavy atom. The summed E-state index contributed by atoms with van der Waals surface area (Å²) in [5.41, 5.74) is -0.295. The topological polar surface area (TPSA) is 63.6 Å². The third kappa shape index (κ3) is 2.81. The number of hydrogen-bond acceptors (Lipinski definition) is 4. The van der Waals surface area contributed by atoms with Crippen LogP contribution in [0.15, 0.2) is 31.7 Å². The van der Waals surface area contributed by atoms with Gasteiger partial charge in [-0.2, -0.15) is 0 Å². The summed E-state index contributed by atoms with van der Waals surface area (Å²) >= 11 is 4.16. The maximum absolute atomic E-state index is 13.6. The van der Waals surface area contributed by atoms with E-state index < -0.39 is 5.82 Å². The van der Waals surface area contributed by atoms with Gasteiger partial charge in [0.2, 0.25) is 0 Å². The number of H-pyrrole nitrogens is 1. The van der Waals surface area contributed by atoms with E-state index in [1.54, 1.807) is 0 Å². The molecule has 18 heavy (non-hydrogen) atoms. The lowest BCUT2D eigenvalue weighted by Gasteiger charge is -2.03. The van der Waals surface area contributed by atoms with Crippen molar-refractivity contribution in [3.05, 3.63) is 33.0 Å². The molecule has 0 aliphatic rings. The van der Waals surface area contributed by atoms with Crippen LogP contribution in [0.25, 0.3) is 0 Å². The number of aromatic nitrogens is 4. The number of hydrogen-bond donors (Lipinski definition) is 1. The van der Waals surface area contributed by atoms with E-state index in [-0.39, 0.29) is 10.7 Å².